The van der Waals surface area contributed by atoms with Gasteiger partial charge in [-0.15, -0.1) is 0 Å². The number of carbonyl (C=O) groups is 1. The van der Waals surface area contributed by atoms with Crippen molar-refractivity contribution in [3.05, 3.63) is 61.2 Å². The summed E-state index contributed by atoms with van der Waals surface area (Å²) in [6, 6.07) is 9.20. The van der Waals surface area contributed by atoms with E-state index in [1.54, 1.807) is 0 Å². The van der Waals surface area contributed by atoms with Crippen LogP contribution in [0.1, 0.15) is 18.9 Å². The molecule has 0 atom stereocenters. The zero-order chi connectivity index (χ0) is 17.7. The van der Waals surface area contributed by atoms with Crippen molar-refractivity contribution in [2.24, 2.45) is 7.05 Å². The fourth-order valence-electron chi connectivity index (χ4n) is 2.14. The first-order valence-corrected chi connectivity index (χ1v) is 8.22. The van der Waals surface area contributed by atoms with Crippen molar-refractivity contribution in [3.8, 4) is 0 Å². The van der Waals surface area contributed by atoms with Crippen molar-refractivity contribution in [1.82, 2.24) is 9.13 Å². The van der Waals surface area contributed by atoms with Gasteiger partial charge in [0.05, 0.1) is 0 Å². The lowest BCUT2D eigenvalue weighted by molar-refractivity contribution is 0.155. The van der Waals surface area contributed by atoms with Crippen molar-refractivity contribution in [1.29, 1.82) is 0 Å². The summed E-state index contributed by atoms with van der Waals surface area (Å²) in [6.07, 6.45) is -0.0739. The first kappa shape index (κ1) is 18.0. The van der Waals surface area contributed by atoms with Crippen molar-refractivity contribution >= 4 is 27.8 Å². The van der Waals surface area contributed by atoms with E-state index in [1.165, 1.54) is 11.6 Å². The summed E-state index contributed by atoms with van der Waals surface area (Å²) in [5.41, 5.74) is -0.184. The first-order chi connectivity index (χ1) is 11.5. The molecule has 0 aliphatic rings. The number of anilines is 1. The molecule has 0 aliphatic carbocycles. The molecule has 0 saturated heterocycles. The molecule has 1 N–H and O–H groups in total. The summed E-state index contributed by atoms with van der Waals surface area (Å²) < 4.78 is 7.56. The van der Waals surface area contributed by atoms with E-state index in [-0.39, 0.29) is 16.9 Å². The molecule has 1 amide bonds. The fourth-order valence-corrected chi connectivity index (χ4v) is 2.72. The number of nitrogens with zero attached hydrogens (tertiary/aromatic N) is 2. The minimum atomic E-state index is -0.739. The van der Waals surface area contributed by atoms with Gasteiger partial charge in [-0.25, -0.2) is 9.59 Å². The van der Waals surface area contributed by atoms with Crippen LogP contribution in [-0.2, 0) is 24.9 Å². The van der Waals surface area contributed by atoms with Crippen LogP contribution in [0.2, 0.25) is 0 Å². The molecule has 8 heteroatoms. The molecule has 24 heavy (non-hydrogen) atoms. The Labute approximate surface area is 147 Å². The molecule has 2 rings (SSSR count). The zero-order valence-electron chi connectivity index (χ0n) is 13.4. The maximum absolute atomic E-state index is 12.2. The van der Waals surface area contributed by atoms with Crippen molar-refractivity contribution < 1.29 is 9.53 Å². The number of amides is 1. The molecule has 2 aromatic rings. The van der Waals surface area contributed by atoms with Crippen LogP contribution in [0.5, 0.6) is 0 Å². The molecule has 1 aromatic heterocycles. The van der Waals surface area contributed by atoms with Crippen LogP contribution >= 0.6 is 15.9 Å². The Hall–Kier alpha value is -2.35. The molecule has 0 unspecified atom stereocenters. The molecule has 0 aliphatic heterocycles. The summed E-state index contributed by atoms with van der Waals surface area (Å²) >= 11 is 3.15. The smallest absolute Gasteiger partial charge is 0.413 e. The Morgan fingerprint density at radius 3 is 2.54 bits per heavy atom. The summed E-state index contributed by atoms with van der Waals surface area (Å²) in [5.74, 6) is 0.100. The van der Waals surface area contributed by atoms with Gasteiger partial charge in [0, 0.05) is 13.6 Å². The van der Waals surface area contributed by atoms with Crippen LogP contribution in [0.3, 0.4) is 0 Å². The van der Waals surface area contributed by atoms with E-state index in [1.807, 2.05) is 37.3 Å². The Bertz CT molecular complexity index is 843. The monoisotopic (exact) mass is 395 g/mol. The first-order valence-electron chi connectivity index (χ1n) is 7.42. The molecule has 1 heterocycles. The highest BCUT2D eigenvalue weighted by molar-refractivity contribution is 9.10. The second kappa shape index (κ2) is 7.96. The number of hydrogen-bond acceptors (Lipinski definition) is 4. The second-order valence-corrected chi connectivity index (χ2v) is 5.94. The molecule has 0 saturated carbocycles. The van der Waals surface area contributed by atoms with Crippen LogP contribution in [0.4, 0.5) is 10.6 Å². The number of rotatable bonds is 5. The summed E-state index contributed by atoms with van der Waals surface area (Å²) in [6.45, 7) is 2.34. The fraction of sp³-hybridized carbons (Fsp3) is 0.312. The van der Waals surface area contributed by atoms with Crippen molar-refractivity contribution in [3.63, 3.8) is 0 Å². The lowest BCUT2D eigenvalue weighted by Crippen LogP contribution is -2.40. The highest BCUT2D eigenvalue weighted by Crippen LogP contribution is 2.17. The minimum absolute atomic E-state index is 0.0904. The number of carbonyl (C=O) groups excluding carboxylic acids is 1. The predicted octanol–water partition coefficient (Wildman–Crippen LogP) is 2.47. The SMILES string of the molecule is CCCn1c(NC(=O)OCc2ccccc2)c(Br)c(=O)n(C)c1=O. The van der Waals surface area contributed by atoms with E-state index in [2.05, 4.69) is 21.2 Å². The predicted molar refractivity (Wildman–Crippen MR) is 94.2 cm³/mol. The van der Waals surface area contributed by atoms with Crippen LogP contribution in [-0.4, -0.2) is 15.2 Å². The standard InChI is InChI=1S/C16H18BrN3O4/c1-3-9-20-13(12(17)14(21)19(2)16(20)23)18-15(22)24-10-11-7-5-4-6-8-11/h4-8H,3,9-10H2,1-2H3,(H,18,22). The molecule has 1 aromatic carbocycles. The summed E-state index contributed by atoms with van der Waals surface area (Å²) in [5, 5.41) is 2.48. The van der Waals surface area contributed by atoms with E-state index in [9.17, 15) is 14.4 Å². The van der Waals surface area contributed by atoms with E-state index >= 15 is 0 Å². The van der Waals surface area contributed by atoms with Gasteiger partial charge in [-0.3, -0.25) is 19.2 Å². The number of hydrogen-bond donors (Lipinski definition) is 1. The van der Waals surface area contributed by atoms with Crippen molar-refractivity contribution in [2.75, 3.05) is 5.32 Å². The van der Waals surface area contributed by atoms with Gasteiger partial charge in [0.25, 0.3) is 5.56 Å². The summed E-state index contributed by atoms with van der Waals surface area (Å²) in [4.78, 5) is 36.3. The normalized spacial score (nSPS) is 10.5. The van der Waals surface area contributed by atoms with Gasteiger partial charge in [-0.2, -0.15) is 0 Å². The average Bonchev–Trinajstić information content (AvgIpc) is 2.60. The third kappa shape index (κ3) is 3.94. The molecule has 7 nitrogen and oxygen atoms in total. The van der Waals surface area contributed by atoms with E-state index in [0.29, 0.717) is 13.0 Å². The quantitative estimate of drug-likeness (QED) is 0.842. The van der Waals surface area contributed by atoms with Crippen LogP contribution in [0, 0.1) is 0 Å². The molecule has 0 fully saturated rings. The van der Waals surface area contributed by atoms with Crippen LogP contribution < -0.4 is 16.6 Å². The van der Waals surface area contributed by atoms with Gasteiger partial charge in [0.2, 0.25) is 0 Å². The van der Waals surface area contributed by atoms with Gasteiger partial charge >= 0.3 is 11.8 Å². The van der Waals surface area contributed by atoms with Crippen LogP contribution in [0.15, 0.2) is 44.4 Å². The number of nitrogens with one attached hydrogen (secondary N) is 1. The Morgan fingerprint density at radius 2 is 1.92 bits per heavy atom. The molecule has 0 spiro atoms. The minimum Gasteiger partial charge on any atom is -0.444 e. The number of halogens is 1. The average molecular weight is 396 g/mol. The van der Waals surface area contributed by atoms with E-state index in [4.69, 9.17) is 4.74 Å². The van der Waals surface area contributed by atoms with Gasteiger partial charge in [0.15, 0.2) is 0 Å². The van der Waals surface area contributed by atoms with Gasteiger partial charge in [-0.05, 0) is 27.9 Å². The van der Waals surface area contributed by atoms with E-state index in [0.717, 1.165) is 10.1 Å². The maximum Gasteiger partial charge on any atom is 0.413 e. The van der Waals surface area contributed by atoms with Gasteiger partial charge in [0.1, 0.15) is 16.9 Å². The highest BCUT2D eigenvalue weighted by atomic mass is 79.9. The third-order valence-electron chi connectivity index (χ3n) is 3.37. The van der Waals surface area contributed by atoms with Crippen LogP contribution in [0.25, 0.3) is 0 Å². The maximum atomic E-state index is 12.2. The zero-order valence-corrected chi connectivity index (χ0v) is 15.0. The lowest BCUT2D eigenvalue weighted by atomic mass is 10.2. The second-order valence-electron chi connectivity index (χ2n) is 5.15. The highest BCUT2D eigenvalue weighted by Gasteiger charge is 2.18. The molecule has 0 bridgehead atoms. The molecular formula is C16H18BrN3O4. The molecule has 128 valence electrons. The lowest BCUT2D eigenvalue weighted by Gasteiger charge is -2.15. The van der Waals surface area contributed by atoms with Gasteiger partial charge in [-0.1, -0.05) is 37.3 Å². The number of benzene rings is 1. The van der Waals surface area contributed by atoms with Gasteiger partial charge < -0.3 is 4.74 Å². The molecule has 0 radical (unpaired) electrons. The third-order valence-corrected chi connectivity index (χ3v) is 4.08. The molecular weight excluding hydrogens is 378 g/mol. The number of ether oxygens (including phenoxy) is 1. The van der Waals surface area contributed by atoms with Crippen molar-refractivity contribution in [2.45, 2.75) is 26.5 Å². The number of aromatic nitrogens is 2. The topological polar surface area (TPSA) is 82.3 Å². The Kier molecular flexibility index (Phi) is 5.97. The Morgan fingerprint density at radius 1 is 1.25 bits per heavy atom. The largest absolute Gasteiger partial charge is 0.444 e. The Balaban J connectivity index is 2.23. The summed E-state index contributed by atoms with van der Waals surface area (Å²) in [7, 11) is 1.39. The van der Waals surface area contributed by atoms with E-state index < -0.39 is 17.3 Å².